The fraction of sp³-hybridized carbons (Fsp3) is 0.364. The second-order valence-electron chi connectivity index (χ2n) is 7.94. The molecule has 0 bridgehead atoms. The van der Waals surface area contributed by atoms with Crippen LogP contribution in [0.5, 0.6) is 0 Å². The van der Waals surface area contributed by atoms with Crippen LogP contribution in [0.3, 0.4) is 0 Å². The highest BCUT2D eigenvalue weighted by Gasteiger charge is 2.45. The Morgan fingerprint density at radius 3 is 2.19 bits per heavy atom. The monoisotopic (exact) mass is 351 g/mol. The highest BCUT2D eigenvalue weighted by molar-refractivity contribution is 6.01. The molecule has 1 heterocycles. The van der Waals surface area contributed by atoms with Crippen LogP contribution in [0, 0.1) is 5.41 Å². The summed E-state index contributed by atoms with van der Waals surface area (Å²) in [7, 11) is 0. The quantitative estimate of drug-likeness (QED) is 0.922. The Morgan fingerprint density at radius 2 is 1.62 bits per heavy atom. The molecule has 0 aliphatic carbocycles. The van der Waals surface area contributed by atoms with E-state index in [1.54, 1.807) is 20.8 Å². The summed E-state index contributed by atoms with van der Waals surface area (Å²) in [4.78, 5) is 26.2. The van der Waals surface area contributed by atoms with Crippen molar-refractivity contribution in [1.82, 2.24) is 4.90 Å². The average Bonchev–Trinajstić information content (AvgIpc) is 2.88. The molecule has 1 aliphatic rings. The number of carbonyl (C=O) groups is 2. The van der Waals surface area contributed by atoms with Gasteiger partial charge in [-0.15, -0.1) is 0 Å². The number of hydrogen-bond donors (Lipinski definition) is 1. The van der Waals surface area contributed by atoms with Crippen LogP contribution in [0.4, 0.5) is 0 Å². The summed E-state index contributed by atoms with van der Waals surface area (Å²) >= 11 is 0. The predicted octanol–water partition coefficient (Wildman–Crippen LogP) is 3.43. The van der Waals surface area contributed by atoms with Gasteiger partial charge in [0.1, 0.15) is 6.10 Å². The molecule has 0 saturated carbocycles. The Kier molecular flexibility index (Phi) is 4.97. The van der Waals surface area contributed by atoms with E-state index in [1.807, 2.05) is 42.5 Å². The molecule has 3 rings (SSSR count). The first-order valence-electron chi connectivity index (χ1n) is 8.97. The predicted molar refractivity (Wildman–Crippen MR) is 101 cm³/mol. The van der Waals surface area contributed by atoms with Gasteiger partial charge in [-0.25, -0.2) is 0 Å². The maximum absolute atomic E-state index is 12.7. The molecule has 2 atom stereocenters. The van der Waals surface area contributed by atoms with E-state index in [1.165, 1.54) is 4.90 Å². The fourth-order valence-electron chi connectivity index (χ4n) is 3.34. The summed E-state index contributed by atoms with van der Waals surface area (Å²) in [6.07, 6.45) is -0.240. The number of likely N-dealkylation sites (tertiary alicyclic amines) is 1. The van der Waals surface area contributed by atoms with Gasteiger partial charge in [0.25, 0.3) is 5.91 Å². The standard InChI is InChI=1S/C22H25NO3/c1-22(2,3)21(26)23-18(14-19(24)20(23)25)13-15-9-11-17(12-10-15)16-7-5-4-6-8-16/h4-12,18-19,24H,13-14H2,1-3H3. The molecule has 4 nitrogen and oxygen atoms in total. The van der Waals surface area contributed by atoms with Gasteiger partial charge in [-0.1, -0.05) is 75.4 Å². The van der Waals surface area contributed by atoms with Gasteiger partial charge in [0.05, 0.1) is 0 Å². The number of hydrogen-bond acceptors (Lipinski definition) is 3. The smallest absolute Gasteiger partial charge is 0.258 e. The van der Waals surface area contributed by atoms with Gasteiger partial charge in [0.2, 0.25) is 5.91 Å². The normalized spacial score (nSPS) is 20.5. The zero-order chi connectivity index (χ0) is 18.9. The van der Waals surface area contributed by atoms with Crippen LogP contribution < -0.4 is 0 Å². The highest BCUT2D eigenvalue weighted by Crippen LogP contribution is 2.29. The molecule has 1 aliphatic heterocycles. The van der Waals surface area contributed by atoms with Gasteiger partial charge in [0, 0.05) is 17.9 Å². The number of aliphatic hydroxyl groups excluding tert-OH is 1. The number of benzene rings is 2. The summed E-state index contributed by atoms with van der Waals surface area (Å²) in [5.41, 5.74) is 2.66. The Morgan fingerprint density at radius 1 is 1.04 bits per heavy atom. The molecule has 1 N–H and O–H groups in total. The van der Waals surface area contributed by atoms with E-state index < -0.39 is 17.4 Å². The van der Waals surface area contributed by atoms with Crippen molar-refractivity contribution < 1.29 is 14.7 Å². The van der Waals surface area contributed by atoms with Crippen molar-refractivity contribution in [3.63, 3.8) is 0 Å². The first kappa shape index (κ1) is 18.3. The lowest BCUT2D eigenvalue weighted by Crippen LogP contribution is -2.46. The van der Waals surface area contributed by atoms with Gasteiger partial charge in [-0.05, 0) is 23.1 Å². The molecule has 0 radical (unpaired) electrons. The molecule has 136 valence electrons. The van der Waals surface area contributed by atoms with E-state index >= 15 is 0 Å². The molecule has 2 aromatic carbocycles. The van der Waals surface area contributed by atoms with Gasteiger partial charge < -0.3 is 5.11 Å². The molecule has 2 unspecified atom stereocenters. The lowest BCUT2D eigenvalue weighted by Gasteiger charge is -2.29. The van der Waals surface area contributed by atoms with E-state index in [0.29, 0.717) is 12.8 Å². The van der Waals surface area contributed by atoms with Crippen LogP contribution in [0.15, 0.2) is 54.6 Å². The summed E-state index contributed by atoms with van der Waals surface area (Å²) < 4.78 is 0. The third-order valence-corrected chi connectivity index (χ3v) is 4.78. The number of imide groups is 1. The molecule has 2 amide bonds. The Balaban J connectivity index is 1.79. The van der Waals surface area contributed by atoms with Crippen LogP contribution in [0.2, 0.25) is 0 Å². The maximum Gasteiger partial charge on any atom is 0.258 e. The van der Waals surface area contributed by atoms with Gasteiger partial charge in [0.15, 0.2) is 0 Å². The van der Waals surface area contributed by atoms with E-state index in [-0.39, 0.29) is 11.9 Å². The molecule has 0 spiro atoms. The third kappa shape index (κ3) is 3.70. The largest absolute Gasteiger partial charge is 0.383 e. The number of nitrogens with zero attached hydrogens (tertiary/aromatic N) is 1. The highest BCUT2D eigenvalue weighted by atomic mass is 16.3. The topological polar surface area (TPSA) is 57.6 Å². The van der Waals surface area contributed by atoms with Gasteiger partial charge >= 0.3 is 0 Å². The average molecular weight is 351 g/mol. The first-order valence-corrected chi connectivity index (χ1v) is 8.97. The molecule has 2 aromatic rings. The lowest BCUT2D eigenvalue weighted by atomic mass is 9.93. The van der Waals surface area contributed by atoms with E-state index in [0.717, 1.165) is 16.7 Å². The van der Waals surface area contributed by atoms with Crippen molar-refractivity contribution in [2.45, 2.75) is 45.8 Å². The second kappa shape index (κ2) is 7.04. The van der Waals surface area contributed by atoms with Crippen molar-refractivity contribution in [2.75, 3.05) is 0 Å². The Bertz CT molecular complexity index is 790. The number of aliphatic hydroxyl groups is 1. The van der Waals surface area contributed by atoms with Crippen LogP contribution >= 0.6 is 0 Å². The molecular formula is C22H25NO3. The zero-order valence-corrected chi connectivity index (χ0v) is 15.5. The van der Waals surface area contributed by atoms with Crippen molar-refractivity contribution >= 4 is 11.8 Å². The molecule has 0 aromatic heterocycles. The van der Waals surface area contributed by atoms with Gasteiger partial charge in [-0.2, -0.15) is 0 Å². The zero-order valence-electron chi connectivity index (χ0n) is 15.5. The maximum atomic E-state index is 12.7. The van der Waals surface area contributed by atoms with Crippen molar-refractivity contribution in [3.05, 3.63) is 60.2 Å². The Hall–Kier alpha value is -2.46. The number of carbonyl (C=O) groups excluding carboxylic acids is 2. The minimum Gasteiger partial charge on any atom is -0.383 e. The van der Waals surface area contributed by atoms with Crippen LogP contribution in [-0.4, -0.2) is 34.0 Å². The van der Waals surface area contributed by atoms with Crippen LogP contribution in [0.25, 0.3) is 11.1 Å². The second-order valence-corrected chi connectivity index (χ2v) is 7.94. The Labute approximate surface area is 154 Å². The van der Waals surface area contributed by atoms with E-state index in [9.17, 15) is 14.7 Å². The molecule has 4 heteroatoms. The van der Waals surface area contributed by atoms with Crippen LogP contribution in [-0.2, 0) is 16.0 Å². The van der Waals surface area contributed by atoms with E-state index in [2.05, 4.69) is 12.1 Å². The third-order valence-electron chi connectivity index (χ3n) is 4.78. The first-order chi connectivity index (χ1) is 12.3. The molecule has 1 fully saturated rings. The minimum atomic E-state index is -1.09. The van der Waals surface area contributed by atoms with Gasteiger partial charge in [-0.3, -0.25) is 14.5 Å². The molecular weight excluding hydrogens is 326 g/mol. The van der Waals surface area contributed by atoms with Crippen LogP contribution in [0.1, 0.15) is 32.8 Å². The van der Waals surface area contributed by atoms with Crippen molar-refractivity contribution in [2.24, 2.45) is 5.41 Å². The molecule has 1 saturated heterocycles. The summed E-state index contributed by atoms with van der Waals surface area (Å²) in [5.74, 6) is -0.708. The number of amides is 2. The minimum absolute atomic E-state index is 0.232. The number of rotatable bonds is 3. The fourth-order valence-corrected chi connectivity index (χ4v) is 3.34. The van der Waals surface area contributed by atoms with Crippen molar-refractivity contribution in [1.29, 1.82) is 0 Å². The SMILES string of the molecule is CC(C)(C)C(=O)N1C(=O)C(O)CC1Cc1ccc(-c2ccccc2)cc1. The van der Waals surface area contributed by atoms with E-state index in [4.69, 9.17) is 0 Å². The summed E-state index contributed by atoms with van der Waals surface area (Å²) in [6.45, 7) is 5.37. The van der Waals surface area contributed by atoms with Crippen molar-refractivity contribution in [3.8, 4) is 11.1 Å². The lowest BCUT2D eigenvalue weighted by molar-refractivity contribution is -0.151. The summed E-state index contributed by atoms with van der Waals surface area (Å²) in [6, 6.07) is 18.0. The summed E-state index contributed by atoms with van der Waals surface area (Å²) in [5, 5.41) is 9.98. The molecule has 26 heavy (non-hydrogen) atoms.